The summed E-state index contributed by atoms with van der Waals surface area (Å²) in [5.41, 5.74) is 16.5. The molecule has 0 radical (unpaired) electrons. The first-order valence-electron chi connectivity index (χ1n) is 10.4. The number of hydrogen-bond donors (Lipinski definition) is 3. The highest BCUT2D eigenvalue weighted by Crippen LogP contribution is 2.40. The second-order valence-electron chi connectivity index (χ2n) is 7.70. The van der Waals surface area contributed by atoms with Gasteiger partial charge in [-0.3, -0.25) is 9.59 Å². The molecule has 0 aliphatic rings. The van der Waals surface area contributed by atoms with Crippen LogP contribution in [0.15, 0.2) is 36.5 Å². The largest absolute Gasteiger partial charge is 0.496 e. The third kappa shape index (κ3) is 5.50. The minimum Gasteiger partial charge on any atom is -0.496 e. The number of carbonyl (C=O) groups is 2. The average molecular weight is 469 g/mol. The summed E-state index contributed by atoms with van der Waals surface area (Å²) in [6.07, 6.45) is 2.00. The summed E-state index contributed by atoms with van der Waals surface area (Å²) < 4.78 is 15.4. The summed E-state index contributed by atoms with van der Waals surface area (Å²) in [6.45, 7) is 4.07. The van der Waals surface area contributed by atoms with Gasteiger partial charge in [-0.1, -0.05) is 12.1 Å². The van der Waals surface area contributed by atoms with Crippen molar-refractivity contribution in [3.05, 3.63) is 47.7 Å². The van der Waals surface area contributed by atoms with Crippen LogP contribution in [0, 0.1) is 13.8 Å². The topological polar surface area (TPSA) is 130 Å². The second-order valence-corrected chi connectivity index (χ2v) is 8.51. The fourth-order valence-corrected chi connectivity index (χ4v) is 4.21. The number of nitrogens with two attached hydrogens (primary N) is 2. The van der Waals surface area contributed by atoms with Gasteiger partial charge in [-0.25, -0.2) is 0 Å². The lowest BCUT2D eigenvalue weighted by atomic mass is 9.99. The van der Waals surface area contributed by atoms with E-state index in [0.29, 0.717) is 11.4 Å². The lowest BCUT2D eigenvalue weighted by Crippen LogP contribution is -2.36. The van der Waals surface area contributed by atoms with Gasteiger partial charge in [0.1, 0.15) is 11.5 Å². The van der Waals surface area contributed by atoms with Gasteiger partial charge < -0.3 is 26.3 Å². The van der Waals surface area contributed by atoms with Crippen LogP contribution in [0.1, 0.15) is 24.0 Å². The molecule has 0 aliphatic heterocycles. The normalized spacial score (nSPS) is 11.7. The molecule has 3 rings (SSSR count). The summed E-state index contributed by atoms with van der Waals surface area (Å²) in [7, 11) is 3.18. The van der Waals surface area contributed by atoms with Crippen LogP contribution >= 0.6 is 11.5 Å². The monoisotopic (exact) mass is 468 g/mol. The van der Waals surface area contributed by atoms with Crippen molar-refractivity contribution >= 4 is 29.0 Å². The number of benzene rings is 2. The quantitative estimate of drug-likeness (QED) is 0.440. The van der Waals surface area contributed by atoms with E-state index in [1.165, 1.54) is 18.6 Å². The maximum atomic E-state index is 12.6. The number of nitrogens with zero attached hydrogens (tertiary/aromatic N) is 1. The molecule has 1 heterocycles. The number of hydrogen-bond acceptors (Lipinski definition) is 7. The SMILES string of the molecule is COc1ccc(-c2cnsc2-c2cc(C)c(C)c(OC)c2)cc1NC(=O)[C@@H](N)CCC(N)=O. The lowest BCUT2D eigenvalue weighted by molar-refractivity contribution is -0.119. The lowest BCUT2D eigenvalue weighted by Gasteiger charge is -2.15. The van der Waals surface area contributed by atoms with Crippen molar-refractivity contribution in [2.45, 2.75) is 32.7 Å². The van der Waals surface area contributed by atoms with E-state index >= 15 is 0 Å². The first-order valence-corrected chi connectivity index (χ1v) is 11.2. The van der Waals surface area contributed by atoms with Crippen LogP contribution in [0.2, 0.25) is 0 Å². The Morgan fingerprint density at radius 2 is 1.82 bits per heavy atom. The molecule has 0 unspecified atom stereocenters. The Hall–Kier alpha value is -3.43. The Morgan fingerprint density at radius 3 is 2.48 bits per heavy atom. The summed E-state index contributed by atoms with van der Waals surface area (Å²) >= 11 is 1.39. The zero-order valence-corrected chi connectivity index (χ0v) is 19.9. The molecule has 3 aromatic rings. The van der Waals surface area contributed by atoms with Crippen LogP contribution in [-0.4, -0.2) is 36.4 Å². The van der Waals surface area contributed by atoms with Crippen molar-refractivity contribution in [3.8, 4) is 33.1 Å². The van der Waals surface area contributed by atoms with E-state index in [1.807, 2.05) is 32.0 Å². The van der Waals surface area contributed by atoms with E-state index in [4.69, 9.17) is 20.9 Å². The number of amides is 2. The molecule has 5 N–H and O–H groups in total. The van der Waals surface area contributed by atoms with E-state index in [1.54, 1.807) is 19.4 Å². The number of aromatic nitrogens is 1. The number of aryl methyl sites for hydroxylation is 1. The first-order chi connectivity index (χ1) is 15.7. The molecule has 0 saturated heterocycles. The number of carbonyl (C=O) groups excluding carboxylic acids is 2. The highest BCUT2D eigenvalue weighted by molar-refractivity contribution is 7.10. The van der Waals surface area contributed by atoms with Crippen molar-refractivity contribution in [1.29, 1.82) is 0 Å². The molecule has 0 bridgehead atoms. The van der Waals surface area contributed by atoms with Gasteiger partial charge >= 0.3 is 0 Å². The Balaban J connectivity index is 1.95. The van der Waals surface area contributed by atoms with Crippen molar-refractivity contribution in [2.24, 2.45) is 11.5 Å². The third-order valence-electron chi connectivity index (χ3n) is 5.48. The van der Waals surface area contributed by atoms with Crippen LogP contribution in [0.25, 0.3) is 21.6 Å². The predicted molar refractivity (Wildman–Crippen MR) is 131 cm³/mol. The number of methoxy groups -OCH3 is 2. The predicted octanol–water partition coefficient (Wildman–Crippen LogP) is 3.64. The van der Waals surface area contributed by atoms with E-state index in [2.05, 4.69) is 15.8 Å². The maximum Gasteiger partial charge on any atom is 0.241 e. The van der Waals surface area contributed by atoms with Crippen molar-refractivity contribution in [1.82, 2.24) is 4.37 Å². The highest BCUT2D eigenvalue weighted by atomic mass is 32.1. The molecule has 0 spiro atoms. The molecular weight excluding hydrogens is 440 g/mol. The number of primary amides is 1. The summed E-state index contributed by atoms with van der Waals surface area (Å²) in [5.74, 6) is 0.385. The van der Waals surface area contributed by atoms with Gasteiger partial charge in [0.05, 0.1) is 30.8 Å². The number of ether oxygens (including phenoxy) is 2. The first kappa shape index (κ1) is 24.2. The fourth-order valence-electron chi connectivity index (χ4n) is 3.45. The van der Waals surface area contributed by atoms with Gasteiger partial charge in [0.25, 0.3) is 0 Å². The van der Waals surface area contributed by atoms with Gasteiger partial charge in [0.15, 0.2) is 0 Å². The van der Waals surface area contributed by atoms with Gasteiger partial charge in [-0.15, -0.1) is 0 Å². The molecule has 1 atom stereocenters. The minimum absolute atomic E-state index is 0.0368. The second kappa shape index (κ2) is 10.5. The molecule has 0 fully saturated rings. The summed E-state index contributed by atoms with van der Waals surface area (Å²) in [4.78, 5) is 24.5. The van der Waals surface area contributed by atoms with Crippen molar-refractivity contribution in [3.63, 3.8) is 0 Å². The van der Waals surface area contributed by atoms with Crippen molar-refractivity contribution < 1.29 is 19.1 Å². The Labute approximate surface area is 197 Å². The molecule has 1 aromatic heterocycles. The highest BCUT2D eigenvalue weighted by Gasteiger charge is 2.19. The number of nitrogens with one attached hydrogen (secondary N) is 1. The van der Waals surface area contributed by atoms with E-state index in [0.717, 1.165) is 38.4 Å². The van der Waals surface area contributed by atoms with Crippen LogP contribution < -0.4 is 26.3 Å². The Morgan fingerprint density at radius 1 is 1.09 bits per heavy atom. The van der Waals surface area contributed by atoms with Gasteiger partial charge in [-0.2, -0.15) is 4.37 Å². The van der Waals surface area contributed by atoms with Crippen molar-refractivity contribution in [2.75, 3.05) is 19.5 Å². The standard InChI is InChI=1S/C24H28N4O4S/c1-13-9-16(11-21(32-4)14(13)2)23-17(12-27-33-23)15-5-7-20(31-3)19(10-15)28-24(30)18(25)6-8-22(26)29/h5,7,9-12,18H,6,8,25H2,1-4H3,(H2,26,29)(H,28,30)/t18-/m0/s1. The Bertz CT molecular complexity index is 1180. The molecule has 0 saturated carbocycles. The minimum atomic E-state index is -0.868. The van der Waals surface area contributed by atoms with E-state index in [9.17, 15) is 9.59 Å². The van der Waals surface area contributed by atoms with Gasteiger partial charge in [0, 0.05) is 18.2 Å². The summed E-state index contributed by atoms with van der Waals surface area (Å²) in [5, 5.41) is 2.80. The van der Waals surface area contributed by atoms with Gasteiger partial charge in [-0.05, 0) is 72.3 Å². The molecular formula is C24H28N4O4S. The molecule has 0 aliphatic carbocycles. The molecule has 9 heteroatoms. The number of anilines is 1. The van der Waals surface area contributed by atoms with Gasteiger partial charge in [0.2, 0.25) is 11.8 Å². The molecule has 2 aromatic carbocycles. The zero-order chi connectivity index (χ0) is 24.1. The average Bonchev–Trinajstić information content (AvgIpc) is 3.29. The zero-order valence-electron chi connectivity index (χ0n) is 19.1. The number of rotatable bonds is 9. The third-order valence-corrected chi connectivity index (χ3v) is 6.33. The molecule has 8 nitrogen and oxygen atoms in total. The molecule has 2 amide bonds. The Kier molecular flexibility index (Phi) is 7.67. The van der Waals surface area contributed by atoms with Crippen LogP contribution in [0.3, 0.4) is 0 Å². The summed E-state index contributed by atoms with van der Waals surface area (Å²) in [6, 6.07) is 8.76. The van der Waals surface area contributed by atoms with Crippen LogP contribution in [0.5, 0.6) is 11.5 Å². The van der Waals surface area contributed by atoms with Crippen LogP contribution in [-0.2, 0) is 9.59 Å². The van der Waals surface area contributed by atoms with Crippen LogP contribution in [0.4, 0.5) is 5.69 Å². The van der Waals surface area contributed by atoms with E-state index < -0.39 is 17.9 Å². The molecule has 33 heavy (non-hydrogen) atoms. The van der Waals surface area contributed by atoms with E-state index in [-0.39, 0.29) is 12.8 Å². The molecule has 174 valence electrons. The fraction of sp³-hybridized carbons (Fsp3) is 0.292. The maximum absolute atomic E-state index is 12.6. The smallest absolute Gasteiger partial charge is 0.241 e.